The van der Waals surface area contributed by atoms with Crippen molar-refractivity contribution in [2.45, 2.75) is 92.9 Å². The molecule has 0 fully saturated rings. The molecule has 4 nitrogen and oxygen atoms in total. The Kier molecular flexibility index (Phi) is 8.85. The van der Waals surface area contributed by atoms with Gasteiger partial charge < -0.3 is 9.47 Å². The predicted molar refractivity (Wildman–Crippen MR) is 98.1 cm³/mol. The lowest BCUT2D eigenvalue weighted by molar-refractivity contribution is -0.194. The first-order valence-corrected chi connectivity index (χ1v) is 9.47. The number of halogens is 3. The number of carbonyl (C=O) groups excluding carboxylic acids is 2. The summed E-state index contributed by atoms with van der Waals surface area (Å²) in [6, 6.07) is 0. The number of carbonyl (C=O) groups is 2. The maximum absolute atomic E-state index is 13.1. The van der Waals surface area contributed by atoms with Crippen LogP contribution in [0.1, 0.15) is 81.1 Å². The molecule has 0 heterocycles. The van der Waals surface area contributed by atoms with E-state index in [0.29, 0.717) is 6.42 Å². The minimum atomic E-state index is -4.59. The standard InChI is InChI=1S/C20H35F3O4/c1-9-17(5,6)19(8,11-14(3)4)16(25)27-18(7,10-2)12-15(24)26-13-20(21,22)23/h14H,9-13H2,1-8H3. The van der Waals surface area contributed by atoms with Gasteiger partial charge in [-0.2, -0.15) is 13.2 Å². The van der Waals surface area contributed by atoms with Crippen molar-refractivity contribution in [1.82, 2.24) is 0 Å². The van der Waals surface area contributed by atoms with E-state index in [1.165, 1.54) is 0 Å². The quantitative estimate of drug-likeness (QED) is 0.446. The number of esters is 2. The Morgan fingerprint density at radius 1 is 0.963 bits per heavy atom. The number of alkyl halides is 3. The summed E-state index contributed by atoms with van der Waals surface area (Å²) in [4.78, 5) is 24.9. The van der Waals surface area contributed by atoms with Crippen molar-refractivity contribution < 1.29 is 32.2 Å². The van der Waals surface area contributed by atoms with Gasteiger partial charge in [-0.25, -0.2) is 0 Å². The Morgan fingerprint density at radius 2 is 1.48 bits per heavy atom. The molecule has 0 spiro atoms. The van der Waals surface area contributed by atoms with E-state index < -0.39 is 42.2 Å². The topological polar surface area (TPSA) is 52.6 Å². The molecular weight excluding hydrogens is 361 g/mol. The smallest absolute Gasteiger partial charge is 0.422 e. The summed E-state index contributed by atoms with van der Waals surface area (Å²) in [6.45, 7) is 13.5. The van der Waals surface area contributed by atoms with Crippen molar-refractivity contribution in [3.63, 3.8) is 0 Å². The van der Waals surface area contributed by atoms with Gasteiger partial charge >= 0.3 is 18.1 Å². The first kappa shape index (κ1) is 25.7. The normalized spacial score (nSPS) is 17.2. The van der Waals surface area contributed by atoms with Crippen LogP contribution >= 0.6 is 0 Å². The highest BCUT2D eigenvalue weighted by molar-refractivity contribution is 5.79. The van der Waals surface area contributed by atoms with Gasteiger partial charge in [-0.15, -0.1) is 0 Å². The molecule has 0 aliphatic carbocycles. The molecule has 0 aromatic heterocycles. The van der Waals surface area contributed by atoms with Crippen LogP contribution in [0.25, 0.3) is 0 Å². The molecule has 0 amide bonds. The van der Waals surface area contributed by atoms with E-state index >= 15 is 0 Å². The van der Waals surface area contributed by atoms with E-state index in [1.807, 2.05) is 41.5 Å². The number of hydrogen-bond acceptors (Lipinski definition) is 4. The first-order chi connectivity index (χ1) is 12.0. The van der Waals surface area contributed by atoms with Crippen LogP contribution in [-0.2, 0) is 19.1 Å². The van der Waals surface area contributed by atoms with E-state index in [0.717, 1.165) is 6.42 Å². The number of rotatable bonds is 10. The monoisotopic (exact) mass is 396 g/mol. The van der Waals surface area contributed by atoms with Gasteiger partial charge in [0.05, 0.1) is 11.8 Å². The fraction of sp³-hybridized carbons (Fsp3) is 0.900. The fourth-order valence-electron chi connectivity index (χ4n) is 2.93. The Balaban J connectivity index is 5.38. The Labute approximate surface area is 161 Å². The molecule has 0 aliphatic rings. The molecule has 0 aromatic rings. The second kappa shape index (κ2) is 9.28. The molecule has 0 saturated heterocycles. The SMILES string of the molecule is CCC(C)(CC(=O)OCC(F)(F)F)OC(=O)C(C)(CC(C)C)C(C)(C)CC. The van der Waals surface area contributed by atoms with Crippen LogP contribution in [-0.4, -0.2) is 30.3 Å². The molecule has 0 aliphatic heterocycles. The van der Waals surface area contributed by atoms with Crippen LogP contribution in [0.2, 0.25) is 0 Å². The van der Waals surface area contributed by atoms with E-state index in [1.54, 1.807) is 13.8 Å². The molecule has 0 saturated carbocycles. The average molecular weight is 396 g/mol. The summed E-state index contributed by atoms with van der Waals surface area (Å²) in [5.41, 5.74) is -2.36. The van der Waals surface area contributed by atoms with Crippen LogP contribution in [0.3, 0.4) is 0 Å². The van der Waals surface area contributed by atoms with Crippen LogP contribution < -0.4 is 0 Å². The van der Waals surface area contributed by atoms with Gasteiger partial charge in [0.15, 0.2) is 6.61 Å². The van der Waals surface area contributed by atoms with Crippen LogP contribution in [0.5, 0.6) is 0 Å². The molecule has 0 radical (unpaired) electrons. The maximum atomic E-state index is 13.1. The van der Waals surface area contributed by atoms with Gasteiger partial charge in [0, 0.05) is 0 Å². The molecule has 27 heavy (non-hydrogen) atoms. The first-order valence-electron chi connectivity index (χ1n) is 9.47. The van der Waals surface area contributed by atoms with Crippen molar-refractivity contribution in [3.05, 3.63) is 0 Å². The lowest BCUT2D eigenvalue weighted by Crippen LogP contribution is -2.48. The Morgan fingerprint density at radius 3 is 1.85 bits per heavy atom. The molecular formula is C20H35F3O4. The highest BCUT2D eigenvalue weighted by atomic mass is 19.4. The van der Waals surface area contributed by atoms with Gasteiger partial charge in [0.25, 0.3) is 0 Å². The van der Waals surface area contributed by atoms with Crippen molar-refractivity contribution in [2.75, 3.05) is 6.61 Å². The minimum Gasteiger partial charge on any atom is -0.458 e. The third-order valence-electron chi connectivity index (χ3n) is 5.65. The molecule has 0 rings (SSSR count). The lowest BCUT2D eigenvalue weighted by atomic mass is 9.61. The van der Waals surface area contributed by atoms with Gasteiger partial charge in [-0.3, -0.25) is 9.59 Å². The number of ether oxygens (including phenoxy) is 2. The summed E-state index contributed by atoms with van der Waals surface area (Å²) in [7, 11) is 0. The summed E-state index contributed by atoms with van der Waals surface area (Å²) < 4.78 is 46.7. The molecule has 0 bridgehead atoms. The highest BCUT2D eigenvalue weighted by Crippen LogP contribution is 2.47. The zero-order chi connectivity index (χ0) is 21.7. The molecule has 7 heteroatoms. The molecule has 2 atom stereocenters. The average Bonchev–Trinajstić information content (AvgIpc) is 2.51. The molecule has 0 N–H and O–H groups in total. The summed E-state index contributed by atoms with van der Waals surface area (Å²) in [5.74, 6) is -1.22. The highest BCUT2D eigenvalue weighted by Gasteiger charge is 2.49. The summed E-state index contributed by atoms with van der Waals surface area (Å²) in [5, 5.41) is 0. The van der Waals surface area contributed by atoms with Crippen LogP contribution in [0, 0.1) is 16.7 Å². The van der Waals surface area contributed by atoms with Crippen LogP contribution in [0.4, 0.5) is 13.2 Å². The second-order valence-corrected chi connectivity index (χ2v) is 8.81. The third kappa shape index (κ3) is 7.70. The lowest BCUT2D eigenvalue weighted by Gasteiger charge is -2.44. The van der Waals surface area contributed by atoms with Gasteiger partial charge in [-0.1, -0.05) is 41.5 Å². The van der Waals surface area contributed by atoms with Gasteiger partial charge in [0.1, 0.15) is 5.60 Å². The molecule has 2 unspecified atom stereocenters. The summed E-state index contributed by atoms with van der Waals surface area (Å²) >= 11 is 0. The Hall–Kier alpha value is -1.27. The van der Waals surface area contributed by atoms with Crippen molar-refractivity contribution >= 4 is 11.9 Å². The fourth-order valence-corrected chi connectivity index (χ4v) is 2.93. The molecule has 0 aromatic carbocycles. The van der Waals surface area contributed by atoms with E-state index in [4.69, 9.17) is 4.74 Å². The van der Waals surface area contributed by atoms with Crippen LogP contribution in [0.15, 0.2) is 0 Å². The largest absolute Gasteiger partial charge is 0.458 e. The minimum absolute atomic E-state index is 0.248. The van der Waals surface area contributed by atoms with E-state index in [-0.39, 0.29) is 17.8 Å². The second-order valence-electron chi connectivity index (χ2n) is 8.81. The van der Waals surface area contributed by atoms with E-state index in [2.05, 4.69) is 4.74 Å². The Bertz CT molecular complexity index is 514. The third-order valence-corrected chi connectivity index (χ3v) is 5.65. The molecule has 160 valence electrons. The van der Waals surface area contributed by atoms with Crippen molar-refractivity contribution in [3.8, 4) is 0 Å². The van der Waals surface area contributed by atoms with Gasteiger partial charge in [0.2, 0.25) is 0 Å². The zero-order valence-corrected chi connectivity index (χ0v) is 17.9. The van der Waals surface area contributed by atoms with Crippen molar-refractivity contribution in [2.24, 2.45) is 16.7 Å². The van der Waals surface area contributed by atoms with E-state index in [9.17, 15) is 22.8 Å². The van der Waals surface area contributed by atoms with Crippen molar-refractivity contribution in [1.29, 1.82) is 0 Å². The van der Waals surface area contributed by atoms with Gasteiger partial charge in [-0.05, 0) is 44.4 Å². The maximum Gasteiger partial charge on any atom is 0.422 e. The zero-order valence-electron chi connectivity index (χ0n) is 17.9. The summed E-state index contributed by atoms with van der Waals surface area (Å²) in [6.07, 6.45) is -3.37. The number of hydrogen-bond donors (Lipinski definition) is 0. The predicted octanol–water partition coefficient (Wildman–Crippen LogP) is 5.68.